The predicted molar refractivity (Wildman–Crippen MR) is 62.4 cm³/mol. The zero-order valence-electron chi connectivity index (χ0n) is 9.76. The highest BCUT2D eigenvalue weighted by molar-refractivity contribution is 5.19. The molecule has 1 nitrogen and oxygen atoms in total. The van der Waals surface area contributed by atoms with E-state index < -0.39 is 11.6 Å². The van der Waals surface area contributed by atoms with E-state index >= 15 is 0 Å². The van der Waals surface area contributed by atoms with Crippen molar-refractivity contribution in [2.45, 2.75) is 38.3 Å². The third-order valence-electron chi connectivity index (χ3n) is 4.32. The van der Waals surface area contributed by atoms with Gasteiger partial charge in [-0.25, -0.2) is 8.78 Å². The molecule has 2 saturated carbocycles. The summed E-state index contributed by atoms with van der Waals surface area (Å²) in [7, 11) is 0. The summed E-state index contributed by atoms with van der Waals surface area (Å²) in [6.07, 6.45) is 5.19. The summed E-state index contributed by atoms with van der Waals surface area (Å²) in [6.45, 7) is 0.442. The van der Waals surface area contributed by atoms with E-state index in [1.165, 1.54) is 25.7 Å². The van der Waals surface area contributed by atoms with Crippen molar-refractivity contribution >= 4 is 0 Å². The first-order chi connectivity index (χ1) is 8.24. The average molecular weight is 237 g/mol. The fraction of sp³-hybridized carbons (Fsp3) is 0.571. The van der Waals surface area contributed by atoms with Crippen molar-refractivity contribution in [3.05, 3.63) is 35.4 Å². The summed E-state index contributed by atoms with van der Waals surface area (Å²) in [5.41, 5.74) is 0.438. The highest BCUT2D eigenvalue weighted by Gasteiger charge is 2.39. The molecule has 0 radical (unpaired) electrons. The molecule has 1 aromatic carbocycles. The topological polar surface area (TPSA) is 12.0 Å². The minimum atomic E-state index is -0.753. The van der Waals surface area contributed by atoms with Crippen molar-refractivity contribution in [1.29, 1.82) is 0 Å². The Labute approximate surface area is 100 Å². The molecule has 0 aliphatic heterocycles. The molecule has 2 bridgehead atoms. The third-order valence-corrected chi connectivity index (χ3v) is 4.32. The number of hydrogen-bond donors (Lipinski definition) is 1. The van der Waals surface area contributed by atoms with Gasteiger partial charge in [0.25, 0.3) is 0 Å². The Bertz CT molecular complexity index is 419. The first kappa shape index (κ1) is 11.1. The van der Waals surface area contributed by atoms with E-state index in [9.17, 15) is 8.78 Å². The van der Waals surface area contributed by atoms with Gasteiger partial charge < -0.3 is 5.32 Å². The Balaban J connectivity index is 1.62. The summed E-state index contributed by atoms with van der Waals surface area (Å²) in [6, 6.07) is 4.89. The van der Waals surface area contributed by atoms with Crippen LogP contribution in [0.3, 0.4) is 0 Å². The second-order valence-electron chi connectivity index (χ2n) is 5.38. The van der Waals surface area contributed by atoms with Crippen LogP contribution in [-0.4, -0.2) is 6.04 Å². The standard InChI is InChI=1S/C14H17F2N/c15-12-3-1-2-11(14(12)16)8-17-13-7-9-4-5-10(13)6-9/h1-3,9-10,13,17H,4-8H2. The van der Waals surface area contributed by atoms with Gasteiger partial charge in [-0.15, -0.1) is 0 Å². The van der Waals surface area contributed by atoms with Crippen LogP contribution in [0.25, 0.3) is 0 Å². The fourth-order valence-electron chi connectivity index (χ4n) is 3.42. The van der Waals surface area contributed by atoms with Crippen molar-refractivity contribution < 1.29 is 8.78 Å². The van der Waals surface area contributed by atoms with Crippen LogP contribution in [0.4, 0.5) is 8.78 Å². The van der Waals surface area contributed by atoms with Gasteiger partial charge in [0.2, 0.25) is 0 Å². The van der Waals surface area contributed by atoms with Gasteiger partial charge in [-0.05, 0) is 37.2 Å². The monoisotopic (exact) mass is 237 g/mol. The van der Waals surface area contributed by atoms with E-state index in [2.05, 4.69) is 5.32 Å². The predicted octanol–water partition coefficient (Wildman–Crippen LogP) is 3.24. The maximum absolute atomic E-state index is 13.4. The van der Waals surface area contributed by atoms with E-state index in [4.69, 9.17) is 0 Å². The first-order valence-electron chi connectivity index (χ1n) is 6.40. The quantitative estimate of drug-likeness (QED) is 0.851. The van der Waals surface area contributed by atoms with E-state index in [0.717, 1.165) is 17.9 Å². The van der Waals surface area contributed by atoms with Crippen LogP contribution in [0.1, 0.15) is 31.2 Å². The van der Waals surface area contributed by atoms with Gasteiger partial charge in [0.1, 0.15) is 0 Å². The molecule has 3 rings (SSSR count). The molecule has 0 amide bonds. The molecule has 3 heteroatoms. The summed E-state index contributed by atoms with van der Waals surface area (Å²) in [4.78, 5) is 0. The van der Waals surface area contributed by atoms with Crippen LogP contribution in [-0.2, 0) is 6.54 Å². The normalized spacial score (nSPS) is 31.1. The van der Waals surface area contributed by atoms with Crippen molar-refractivity contribution in [3.63, 3.8) is 0 Å². The molecule has 0 spiro atoms. The Hall–Kier alpha value is -0.960. The number of hydrogen-bond acceptors (Lipinski definition) is 1. The van der Waals surface area contributed by atoms with Gasteiger partial charge in [0.15, 0.2) is 11.6 Å². The molecule has 1 aromatic rings. The maximum atomic E-state index is 13.4. The number of benzene rings is 1. The lowest BCUT2D eigenvalue weighted by molar-refractivity contribution is 0.347. The van der Waals surface area contributed by atoms with E-state index in [1.54, 1.807) is 12.1 Å². The van der Waals surface area contributed by atoms with Crippen LogP contribution < -0.4 is 5.32 Å². The summed E-state index contributed by atoms with van der Waals surface area (Å²) >= 11 is 0. The SMILES string of the molecule is Fc1cccc(CNC2CC3CCC2C3)c1F. The van der Waals surface area contributed by atoms with Crippen molar-refractivity contribution in [1.82, 2.24) is 5.32 Å². The lowest BCUT2D eigenvalue weighted by Crippen LogP contribution is -2.33. The third kappa shape index (κ3) is 2.08. The van der Waals surface area contributed by atoms with Gasteiger partial charge in [0.05, 0.1) is 0 Å². The van der Waals surface area contributed by atoms with E-state index in [0.29, 0.717) is 18.2 Å². The van der Waals surface area contributed by atoms with Gasteiger partial charge in [0, 0.05) is 18.2 Å². The molecule has 1 N–H and O–H groups in total. The second-order valence-corrected chi connectivity index (χ2v) is 5.38. The molecule has 2 aliphatic rings. The zero-order valence-corrected chi connectivity index (χ0v) is 9.76. The second kappa shape index (κ2) is 4.37. The highest BCUT2D eigenvalue weighted by Crippen LogP contribution is 2.44. The van der Waals surface area contributed by atoms with Crippen LogP contribution in [0.15, 0.2) is 18.2 Å². The molecule has 2 aliphatic carbocycles. The maximum Gasteiger partial charge on any atom is 0.163 e. The molecule has 2 fully saturated rings. The van der Waals surface area contributed by atoms with Crippen LogP contribution in [0.5, 0.6) is 0 Å². The summed E-state index contributed by atoms with van der Waals surface area (Å²) in [5.74, 6) is 0.173. The smallest absolute Gasteiger partial charge is 0.163 e. The Morgan fingerprint density at radius 1 is 1.18 bits per heavy atom. The molecule has 0 saturated heterocycles. The lowest BCUT2D eigenvalue weighted by Gasteiger charge is -2.23. The van der Waals surface area contributed by atoms with Gasteiger partial charge >= 0.3 is 0 Å². The number of rotatable bonds is 3. The summed E-state index contributed by atoms with van der Waals surface area (Å²) in [5, 5.41) is 3.39. The van der Waals surface area contributed by atoms with Crippen LogP contribution >= 0.6 is 0 Å². The molecule has 3 unspecified atom stereocenters. The molecule has 0 aromatic heterocycles. The van der Waals surface area contributed by atoms with Crippen LogP contribution in [0.2, 0.25) is 0 Å². The Morgan fingerprint density at radius 2 is 2.06 bits per heavy atom. The molecular formula is C14H17F2N. The van der Waals surface area contributed by atoms with Crippen molar-refractivity contribution in [2.24, 2.45) is 11.8 Å². The van der Waals surface area contributed by atoms with Crippen molar-refractivity contribution in [3.8, 4) is 0 Å². The zero-order chi connectivity index (χ0) is 11.8. The van der Waals surface area contributed by atoms with Crippen molar-refractivity contribution in [2.75, 3.05) is 0 Å². The largest absolute Gasteiger partial charge is 0.310 e. The highest BCUT2D eigenvalue weighted by atomic mass is 19.2. The number of nitrogens with one attached hydrogen (secondary N) is 1. The molecule has 0 heterocycles. The first-order valence-corrected chi connectivity index (χ1v) is 6.40. The average Bonchev–Trinajstić information content (AvgIpc) is 2.93. The van der Waals surface area contributed by atoms with Gasteiger partial charge in [-0.3, -0.25) is 0 Å². The molecule has 3 atom stereocenters. The Morgan fingerprint density at radius 3 is 2.76 bits per heavy atom. The lowest BCUT2D eigenvalue weighted by atomic mass is 9.95. The summed E-state index contributed by atoms with van der Waals surface area (Å²) < 4.78 is 26.5. The van der Waals surface area contributed by atoms with Gasteiger partial charge in [-0.1, -0.05) is 18.6 Å². The molecular weight excluding hydrogens is 220 g/mol. The Kier molecular flexibility index (Phi) is 2.87. The molecule has 17 heavy (non-hydrogen) atoms. The van der Waals surface area contributed by atoms with E-state index in [-0.39, 0.29) is 0 Å². The van der Waals surface area contributed by atoms with Crippen LogP contribution in [0, 0.1) is 23.5 Å². The number of fused-ring (bicyclic) bond motifs is 2. The van der Waals surface area contributed by atoms with E-state index in [1.807, 2.05) is 0 Å². The minimum Gasteiger partial charge on any atom is -0.310 e. The minimum absolute atomic E-state index is 0.438. The van der Waals surface area contributed by atoms with Gasteiger partial charge in [-0.2, -0.15) is 0 Å². The number of halogens is 2. The fourth-order valence-corrected chi connectivity index (χ4v) is 3.42. The molecule has 92 valence electrons.